The summed E-state index contributed by atoms with van der Waals surface area (Å²) in [5.74, 6) is 0.736. The highest BCUT2D eigenvalue weighted by Crippen LogP contribution is 2.27. The third-order valence-electron chi connectivity index (χ3n) is 2.91. The molecule has 1 N–H and O–H groups in total. The van der Waals surface area contributed by atoms with Crippen LogP contribution in [0.4, 0.5) is 0 Å². The maximum Gasteiger partial charge on any atom is 0.0456 e. The van der Waals surface area contributed by atoms with Gasteiger partial charge in [0.25, 0.3) is 0 Å². The lowest BCUT2D eigenvalue weighted by atomic mass is 9.97. The molecule has 1 nitrogen and oxygen atoms in total. The van der Waals surface area contributed by atoms with Crippen molar-refractivity contribution in [1.29, 1.82) is 0 Å². The molecule has 0 radical (unpaired) electrons. The molecule has 0 fully saturated rings. The van der Waals surface area contributed by atoms with Crippen molar-refractivity contribution in [2.75, 3.05) is 7.05 Å². The summed E-state index contributed by atoms with van der Waals surface area (Å²) in [4.78, 5) is 0. The second-order valence-electron chi connectivity index (χ2n) is 4.84. The van der Waals surface area contributed by atoms with E-state index in [2.05, 4.69) is 38.2 Å². The molecule has 1 rings (SSSR count). The normalized spacial score (nSPS) is 13.1. The van der Waals surface area contributed by atoms with Gasteiger partial charge in [0, 0.05) is 11.1 Å². The Morgan fingerprint density at radius 2 is 1.94 bits per heavy atom. The van der Waals surface area contributed by atoms with Gasteiger partial charge in [0.1, 0.15) is 0 Å². The molecule has 0 spiro atoms. The molecule has 0 heterocycles. The van der Waals surface area contributed by atoms with Gasteiger partial charge in [0.2, 0.25) is 0 Å². The summed E-state index contributed by atoms with van der Waals surface area (Å²) >= 11 is 6.28. The van der Waals surface area contributed by atoms with Gasteiger partial charge in [-0.3, -0.25) is 0 Å². The van der Waals surface area contributed by atoms with Crippen LogP contribution in [0.5, 0.6) is 0 Å². The van der Waals surface area contributed by atoms with Crippen LogP contribution in [0.15, 0.2) is 18.2 Å². The van der Waals surface area contributed by atoms with Crippen molar-refractivity contribution in [2.24, 2.45) is 5.92 Å². The Kier molecular flexibility index (Phi) is 5.30. The molecule has 0 saturated carbocycles. The van der Waals surface area contributed by atoms with E-state index in [4.69, 9.17) is 11.6 Å². The highest BCUT2D eigenvalue weighted by atomic mass is 35.5. The Labute approximate surface area is 104 Å². The van der Waals surface area contributed by atoms with Gasteiger partial charge in [-0.15, -0.1) is 0 Å². The highest BCUT2D eigenvalue weighted by molar-refractivity contribution is 6.31. The fraction of sp³-hybridized carbons (Fsp3) is 0.571. The van der Waals surface area contributed by atoms with E-state index in [-0.39, 0.29) is 0 Å². The molecule has 0 aromatic heterocycles. The monoisotopic (exact) mass is 239 g/mol. The first kappa shape index (κ1) is 13.5. The lowest BCUT2D eigenvalue weighted by molar-refractivity contribution is 0.465. The van der Waals surface area contributed by atoms with Gasteiger partial charge in [0.05, 0.1) is 0 Å². The Bertz CT molecular complexity index is 334. The van der Waals surface area contributed by atoms with Crippen molar-refractivity contribution in [3.8, 4) is 0 Å². The second-order valence-corrected chi connectivity index (χ2v) is 5.24. The molecular formula is C14H22ClN. The van der Waals surface area contributed by atoms with Crippen LogP contribution >= 0.6 is 11.6 Å². The van der Waals surface area contributed by atoms with Crippen LogP contribution in [0, 0.1) is 12.8 Å². The van der Waals surface area contributed by atoms with Crippen LogP contribution in [0.25, 0.3) is 0 Å². The SMILES string of the molecule is CNC(CCC(C)C)c1ccc(C)cc1Cl. The van der Waals surface area contributed by atoms with Gasteiger partial charge in [-0.25, -0.2) is 0 Å². The smallest absolute Gasteiger partial charge is 0.0456 e. The molecule has 1 aromatic carbocycles. The van der Waals surface area contributed by atoms with E-state index in [0.29, 0.717) is 6.04 Å². The van der Waals surface area contributed by atoms with E-state index in [9.17, 15) is 0 Å². The predicted octanol–water partition coefficient (Wildman–Crippen LogP) is 4.35. The van der Waals surface area contributed by atoms with Crippen LogP contribution in [0.1, 0.15) is 43.9 Å². The Hall–Kier alpha value is -0.530. The molecule has 0 amide bonds. The zero-order chi connectivity index (χ0) is 12.1. The van der Waals surface area contributed by atoms with Gasteiger partial charge >= 0.3 is 0 Å². The van der Waals surface area contributed by atoms with E-state index in [1.807, 2.05) is 13.1 Å². The number of nitrogens with one attached hydrogen (secondary N) is 1. The Balaban J connectivity index is 2.78. The number of rotatable bonds is 5. The molecular weight excluding hydrogens is 218 g/mol. The maximum absolute atomic E-state index is 6.28. The molecule has 0 aliphatic carbocycles. The first-order valence-corrected chi connectivity index (χ1v) is 6.35. The van der Waals surface area contributed by atoms with Gasteiger partial charge in [-0.05, 0) is 49.9 Å². The van der Waals surface area contributed by atoms with Crippen LogP contribution in [-0.2, 0) is 0 Å². The van der Waals surface area contributed by atoms with Gasteiger partial charge in [0.15, 0.2) is 0 Å². The van der Waals surface area contributed by atoms with Crippen molar-refractivity contribution < 1.29 is 0 Å². The van der Waals surface area contributed by atoms with Crippen LogP contribution < -0.4 is 5.32 Å². The maximum atomic E-state index is 6.28. The van der Waals surface area contributed by atoms with Crippen LogP contribution in [-0.4, -0.2) is 7.05 Å². The minimum atomic E-state index is 0.371. The van der Waals surface area contributed by atoms with E-state index in [1.54, 1.807) is 0 Å². The topological polar surface area (TPSA) is 12.0 Å². The molecule has 2 heteroatoms. The van der Waals surface area contributed by atoms with Crippen molar-refractivity contribution in [1.82, 2.24) is 5.32 Å². The molecule has 0 aliphatic heterocycles. The summed E-state index contributed by atoms with van der Waals surface area (Å²) in [7, 11) is 2.00. The van der Waals surface area contributed by atoms with Crippen molar-refractivity contribution in [2.45, 2.75) is 39.7 Å². The van der Waals surface area contributed by atoms with E-state index in [0.717, 1.165) is 17.4 Å². The molecule has 0 saturated heterocycles. The number of hydrogen-bond acceptors (Lipinski definition) is 1. The van der Waals surface area contributed by atoms with E-state index >= 15 is 0 Å². The fourth-order valence-electron chi connectivity index (χ4n) is 1.87. The van der Waals surface area contributed by atoms with Crippen molar-refractivity contribution in [3.63, 3.8) is 0 Å². The molecule has 0 bridgehead atoms. The third-order valence-corrected chi connectivity index (χ3v) is 3.24. The largest absolute Gasteiger partial charge is 0.313 e. The summed E-state index contributed by atoms with van der Waals surface area (Å²) in [5.41, 5.74) is 2.43. The summed E-state index contributed by atoms with van der Waals surface area (Å²) in [5, 5.41) is 4.23. The number of halogens is 1. The lowest BCUT2D eigenvalue weighted by Crippen LogP contribution is -2.17. The molecule has 1 atom stereocenters. The van der Waals surface area contributed by atoms with Crippen LogP contribution in [0.2, 0.25) is 5.02 Å². The summed E-state index contributed by atoms with van der Waals surface area (Å²) in [6.45, 7) is 6.57. The Morgan fingerprint density at radius 1 is 1.25 bits per heavy atom. The van der Waals surface area contributed by atoms with Crippen molar-refractivity contribution >= 4 is 11.6 Å². The Morgan fingerprint density at radius 3 is 2.44 bits per heavy atom. The lowest BCUT2D eigenvalue weighted by Gasteiger charge is -2.19. The molecule has 90 valence electrons. The quantitative estimate of drug-likeness (QED) is 0.806. The minimum Gasteiger partial charge on any atom is -0.313 e. The predicted molar refractivity (Wildman–Crippen MR) is 72.1 cm³/mol. The standard InChI is InChI=1S/C14H22ClN/c1-10(2)5-8-14(16-4)12-7-6-11(3)9-13(12)15/h6-7,9-10,14,16H,5,8H2,1-4H3. The first-order valence-electron chi connectivity index (χ1n) is 5.98. The zero-order valence-corrected chi connectivity index (χ0v) is 11.4. The number of benzene rings is 1. The van der Waals surface area contributed by atoms with E-state index in [1.165, 1.54) is 17.5 Å². The number of hydrogen-bond donors (Lipinski definition) is 1. The van der Waals surface area contributed by atoms with Gasteiger partial charge in [-0.2, -0.15) is 0 Å². The molecule has 1 unspecified atom stereocenters. The minimum absolute atomic E-state index is 0.371. The fourth-order valence-corrected chi connectivity index (χ4v) is 2.24. The average Bonchev–Trinajstić information content (AvgIpc) is 2.21. The van der Waals surface area contributed by atoms with Crippen LogP contribution in [0.3, 0.4) is 0 Å². The highest BCUT2D eigenvalue weighted by Gasteiger charge is 2.13. The molecule has 16 heavy (non-hydrogen) atoms. The average molecular weight is 240 g/mol. The molecule has 1 aromatic rings. The van der Waals surface area contributed by atoms with Gasteiger partial charge in [-0.1, -0.05) is 37.6 Å². The van der Waals surface area contributed by atoms with Crippen molar-refractivity contribution in [3.05, 3.63) is 34.3 Å². The summed E-state index contributed by atoms with van der Waals surface area (Å²) < 4.78 is 0. The van der Waals surface area contributed by atoms with E-state index < -0.39 is 0 Å². The second kappa shape index (κ2) is 6.27. The third kappa shape index (κ3) is 3.80. The summed E-state index contributed by atoms with van der Waals surface area (Å²) in [6.07, 6.45) is 2.35. The summed E-state index contributed by atoms with van der Waals surface area (Å²) in [6, 6.07) is 6.67. The first-order chi connectivity index (χ1) is 7.54. The molecule has 0 aliphatic rings. The number of aryl methyl sites for hydroxylation is 1. The van der Waals surface area contributed by atoms with Gasteiger partial charge < -0.3 is 5.32 Å². The zero-order valence-electron chi connectivity index (χ0n) is 10.7.